The Morgan fingerprint density at radius 3 is 2.14 bits per heavy atom. The van der Waals surface area contributed by atoms with Crippen LogP contribution in [0.5, 0.6) is 0 Å². The van der Waals surface area contributed by atoms with E-state index in [1.54, 1.807) is 19.1 Å². The van der Waals surface area contributed by atoms with E-state index in [4.69, 9.17) is 4.74 Å². The second-order valence-corrected chi connectivity index (χ2v) is 6.80. The molecule has 0 unspecified atom stereocenters. The molecule has 3 rings (SSSR count). The molecule has 4 nitrogen and oxygen atoms in total. The first-order chi connectivity index (χ1) is 13.4. The van der Waals surface area contributed by atoms with Gasteiger partial charge in [-0.3, -0.25) is 4.79 Å². The average Bonchev–Trinajstić information content (AvgIpc) is 2.70. The fraction of sp³-hybridized carbons (Fsp3) is 0.167. The van der Waals surface area contributed by atoms with Crippen molar-refractivity contribution in [3.63, 3.8) is 0 Å². The summed E-state index contributed by atoms with van der Waals surface area (Å²) in [6.07, 6.45) is -0.901. The number of rotatable bonds is 5. The Bertz CT molecular complexity index is 978. The summed E-state index contributed by atoms with van der Waals surface area (Å²) in [6.45, 7) is 5.48. The van der Waals surface area contributed by atoms with Gasteiger partial charge in [0.1, 0.15) is 0 Å². The molecule has 28 heavy (non-hydrogen) atoms. The number of hydrogen-bond acceptors (Lipinski definition) is 3. The van der Waals surface area contributed by atoms with Crippen LogP contribution in [-0.4, -0.2) is 18.0 Å². The van der Waals surface area contributed by atoms with Crippen LogP contribution < -0.4 is 5.32 Å². The van der Waals surface area contributed by atoms with E-state index in [0.29, 0.717) is 11.3 Å². The summed E-state index contributed by atoms with van der Waals surface area (Å²) in [5.41, 5.74) is 5.29. The Morgan fingerprint density at radius 1 is 0.857 bits per heavy atom. The molecular weight excluding hydrogens is 350 g/mol. The number of hydrogen-bond donors (Lipinski definition) is 1. The number of amides is 1. The maximum Gasteiger partial charge on any atom is 0.338 e. The Morgan fingerprint density at radius 2 is 1.50 bits per heavy atom. The highest BCUT2D eigenvalue weighted by atomic mass is 16.5. The lowest BCUT2D eigenvalue weighted by molar-refractivity contribution is -0.123. The van der Waals surface area contributed by atoms with Crippen molar-refractivity contribution in [1.82, 2.24) is 0 Å². The van der Waals surface area contributed by atoms with Gasteiger partial charge in [-0.1, -0.05) is 60.2 Å². The van der Waals surface area contributed by atoms with E-state index >= 15 is 0 Å². The standard InChI is InChI=1S/C24H23NO3/c1-16-9-14-22(17(2)15-16)25-23(26)18(3)28-24(27)21-12-10-20(11-13-21)19-7-5-4-6-8-19/h4-15,18H,1-3H3,(H,25,26)/t18-/m0/s1. The number of carbonyl (C=O) groups is 2. The molecule has 0 heterocycles. The van der Waals surface area contributed by atoms with Crippen molar-refractivity contribution in [2.24, 2.45) is 0 Å². The summed E-state index contributed by atoms with van der Waals surface area (Å²) < 4.78 is 5.33. The lowest BCUT2D eigenvalue weighted by Crippen LogP contribution is -2.30. The highest BCUT2D eigenvalue weighted by molar-refractivity contribution is 5.97. The average molecular weight is 373 g/mol. The van der Waals surface area contributed by atoms with Crippen LogP contribution in [0.4, 0.5) is 5.69 Å². The van der Waals surface area contributed by atoms with Crippen molar-refractivity contribution in [2.45, 2.75) is 26.9 Å². The van der Waals surface area contributed by atoms with E-state index in [2.05, 4.69) is 5.32 Å². The maximum atomic E-state index is 12.4. The van der Waals surface area contributed by atoms with E-state index in [1.807, 2.05) is 74.5 Å². The summed E-state index contributed by atoms with van der Waals surface area (Å²) in [6, 6.07) is 22.8. The molecular formula is C24H23NO3. The lowest BCUT2D eigenvalue weighted by atomic mass is 10.0. The van der Waals surface area contributed by atoms with Crippen LogP contribution in [0.25, 0.3) is 11.1 Å². The predicted octanol–water partition coefficient (Wildman–Crippen LogP) is 5.15. The molecule has 0 aliphatic heterocycles. The Labute approximate surface area is 165 Å². The smallest absolute Gasteiger partial charge is 0.338 e. The normalized spacial score (nSPS) is 11.5. The molecule has 0 spiro atoms. The highest BCUT2D eigenvalue weighted by Gasteiger charge is 2.19. The molecule has 1 amide bonds. The fourth-order valence-corrected chi connectivity index (χ4v) is 2.90. The van der Waals surface area contributed by atoms with Crippen molar-refractivity contribution in [3.05, 3.63) is 89.5 Å². The van der Waals surface area contributed by atoms with Crippen LogP contribution in [0.15, 0.2) is 72.8 Å². The molecule has 142 valence electrons. The first-order valence-corrected chi connectivity index (χ1v) is 9.18. The minimum absolute atomic E-state index is 0.360. The molecule has 3 aromatic rings. The minimum Gasteiger partial charge on any atom is -0.449 e. The molecule has 0 aliphatic carbocycles. The first-order valence-electron chi connectivity index (χ1n) is 9.18. The third kappa shape index (κ3) is 4.65. The van der Waals surface area contributed by atoms with E-state index in [-0.39, 0.29) is 5.91 Å². The molecule has 1 atom stereocenters. The summed E-state index contributed by atoms with van der Waals surface area (Å²) in [5, 5.41) is 2.81. The van der Waals surface area contributed by atoms with E-state index in [1.165, 1.54) is 0 Å². The van der Waals surface area contributed by atoms with Gasteiger partial charge in [0, 0.05) is 5.69 Å². The van der Waals surface area contributed by atoms with Gasteiger partial charge in [-0.2, -0.15) is 0 Å². The molecule has 4 heteroatoms. The number of carbonyl (C=O) groups excluding carboxylic acids is 2. The molecule has 0 bridgehead atoms. The zero-order valence-corrected chi connectivity index (χ0v) is 16.2. The zero-order chi connectivity index (χ0) is 20.1. The van der Waals surface area contributed by atoms with Crippen LogP contribution in [-0.2, 0) is 9.53 Å². The van der Waals surface area contributed by atoms with E-state index in [0.717, 1.165) is 22.3 Å². The molecule has 0 aromatic heterocycles. The van der Waals surface area contributed by atoms with Gasteiger partial charge in [0.25, 0.3) is 5.91 Å². The van der Waals surface area contributed by atoms with Gasteiger partial charge < -0.3 is 10.1 Å². The van der Waals surface area contributed by atoms with Crippen LogP contribution in [0.1, 0.15) is 28.4 Å². The van der Waals surface area contributed by atoms with Crippen molar-refractivity contribution in [2.75, 3.05) is 5.32 Å². The van der Waals surface area contributed by atoms with Gasteiger partial charge in [-0.25, -0.2) is 4.79 Å². The van der Waals surface area contributed by atoms with Crippen LogP contribution >= 0.6 is 0 Å². The number of benzene rings is 3. The molecule has 0 aliphatic rings. The van der Waals surface area contributed by atoms with Crippen LogP contribution in [0.3, 0.4) is 0 Å². The van der Waals surface area contributed by atoms with Crippen molar-refractivity contribution >= 4 is 17.6 Å². The largest absolute Gasteiger partial charge is 0.449 e. The third-order valence-electron chi connectivity index (χ3n) is 4.52. The van der Waals surface area contributed by atoms with Gasteiger partial charge >= 0.3 is 5.97 Å². The van der Waals surface area contributed by atoms with E-state index < -0.39 is 12.1 Å². The summed E-state index contributed by atoms with van der Waals surface area (Å²) in [7, 11) is 0. The fourth-order valence-electron chi connectivity index (χ4n) is 2.90. The maximum absolute atomic E-state index is 12.4. The van der Waals surface area contributed by atoms with Gasteiger partial charge in [0.15, 0.2) is 6.10 Å². The Balaban J connectivity index is 1.62. The Hall–Kier alpha value is -3.40. The van der Waals surface area contributed by atoms with Gasteiger partial charge in [0.2, 0.25) is 0 Å². The molecule has 1 N–H and O–H groups in total. The van der Waals surface area contributed by atoms with Gasteiger partial charge in [0.05, 0.1) is 5.56 Å². The summed E-state index contributed by atoms with van der Waals surface area (Å²) >= 11 is 0. The summed E-state index contributed by atoms with van der Waals surface area (Å²) in [4.78, 5) is 24.7. The number of nitrogens with one attached hydrogen (secondary N) is 1. The third-order valence-corrected chi connectivity index (χ3v) is 4.52. The predicted molar refractivity (Wildman–Crippen MR) is 111 cm³/mol. The first kappa shape index (κ1) is 19.4. The number of aryl methyl sites for hydroxylation is 2. The monoisotopic (exact) mass is 373 g/mol. The molecule has 0 saturated heterocycles. The van der Waals surface area contributed by atoms with Gasteiger partial charge in [-0.05, 0) is 55.7 Å². The topological polar surface area (TPSA) is 55.4 Å². The minimum atomic E-state index is -0.901. The van der Waals surface area contributed by atoms with Crippen LogP contribution in [0.2, 0.25) is 0 Å². The van der Waals surface area contributed by atoms with E-state index in [9.17, 15) is 9.59 Å². The molecule has 3 aromatic carbocycles. The van der Waals surface area contributed by atoms with Crippen molar-refractivity contribution in [3.8, 4) is 11.1 Å². The highest BCUT2D eigenvalue weighted by Crippen LogP contribution is 2.20. The number of ether oxygens (including phenoxy) is 1. The molecule has 0 saturated carbocycles. The Kier molecular flexibility index (Phi) is 5.90. The quantitative estimate of drug-likeness (QED) is 0.629. The van der Waals surface area contributed by atoms with Crippen molar-refractivity contribution < 1.29 is 14.3 Å². The second kappa shape index (κ2) is 8.53. The zero-order valence-electron chi connectivity index (χ0n) is 16.2. The number of esters is 1. The molecule has 0 radical (unpaired) electrons. The van der Waals surface area contributed by atoms with Crippen LogP contribution in [0, 0.1) is 13.8 Å². The number of anilines is 1. The lowest BCUT2D eigenvalue weighted by Gasteiger charge is -2.15. The van der Waals surface area contributed by atoms with Crippen molar-refractivity contribution in [1.29, 1.82) is 0 Å². The SMILES string of the molecule is Cc1ccc(NC(=O)[C@H](C)OC(=O)c2ccc(-c3ccccc3)cc2)c(C)c1. The second-order valence-electron chi connectivity index (χ2n) is 6.80. The molecule has 0 fully saturated rings. The summed E-state index contributed by atoms with van der Waals surface area (Å²) in [5.74, 6) is -0.885. The van der Waals surface area contributed by atoms with Gasteiger partial charge in [-0.15, -0.1) is 0 Å².